The fourth-order valence-electron chi connectivity index (χ4n) is 3.51. The third-order valence-electron chi connectivity index (χ3n) is 4.61. The highest BCUT2D eigenvalue weighted by Gasteiger charge is 2.28. The average molecular weight is 347 g/mol. The van der Waals surface area contributed by atoms with E-state index in [-0.39, 0.29) is 11.9 Å². The number of para-hydroxylation sites is 1. The van der Waals surface area contributed by atoms with E-state index in [1.54, 1.807) is 0 Å². The van der Waals surface area contributed by atoms with E-state index in [9.17, 15) is 4.79 Å². The monoisotopic (exact) mass is 346 g/mol. The van der Waals surface area contributed by atoms with Crippen LogP contribution in [0.3, 0.4) is 0 Å². The summed E-state index contributed by atoms with van der Waals surface area (Å²) in [7, 11) is 0. The van der Waals surface area contributed by atoms with Gasteiger partial charge < -0.3 is 14.5 Å². The van der Waals surface area contributed by atoms with Gasteiger partial charge in [0, 0.05) is 32.6 Å². The number of amides is 1. The summed E-state index contributed by atoms with van der Waals surface area (Å²) >= 11 is 0. The van der Waals surface area contributed by atoms with E-state index in [0.29, 0.717) is 24.9 Å². The van der Waals surface area contributed by atoms with Crippen molar-refractivity contribution >= 4 is 5.91 Å². The number of ether oxygens (including phenoxy) is 1. The lowest BCUT2D eigenvalue weighted by atomic mass is 10.0. The van der Waals surface area contributed by atoms with Crippen LogP contribution in [-0.4, -0.2) is 54.5 Å². The van der Waals surface area contributed by atoms with Crippen LogP contribution < -0.4 is 4.74 Å². The normalized spacial score (nSPS) is 17.8. The third kappa shape index (κ3) is 6.69. The molecule has 1 aromatic rings. The van der Waals surface area contributed by atoms with Gasteiger partial charge in [-0.25, -0.2) is 0 Å². The van der Waals surface area contributed by atoms with Gasteiger partial charge in [0.2, 0.25) is 5.91 Å². The van der Waals surface area contributed by atoms with Gasteiger partial charge in [0.15, 0.2) is 0 Å². The molecule has 4 heteroatoms. The van der Waals surface area contributed by atoms with Crippen molar-refractivity contribution in [3.63, 3.8) is 0 Å². The van der Waals surface area contributed by atoms with E-state index < -0.39 is 0 Å². The van der Waals surface area contributed by atoms with E-state index in [1.165, 1.54) is 0 Å². The van der Waals surface area contributed by atoms with Crippen molar-refractivity contribution in [3.8, 4) is 5.75 Å². The molecule has 0 saturated carbocycles. The molecule has 1 aliphatic heterocycles. The van der Waals surface area contributed by atoms with Gasteiger partial charge in [-0.2, -0.15) is 0 Å². The fourth-order valence-corrected chi connectivity index (χ4v) is 3.51. The first-order chi connectivity index (χ1) is 12.0. The molecular weight excluding hydrogens is 312 g/mol. The average Bonchev–Trinajstić information content (AvgIpc) is 2.74. The smallest absolute Gasteiger partial charge is 0.224 e. The molecule has 1 aliphatic rings. The number of carbonyl (C=O) groups excluding carboxylic acids is 1. The molecule has 4 nitrogen and oxygen atoms in total. The molecule has 25 heavy (non-hydrogen) atoms. The summed E-state index contributed by atoms with van der Waals surface area (Å²) < 4.78 is 6.00. The van der Waals surface area contributed by atoms with Gasteiger partial charge in [0.05, 0.1) is 6.04 Å². The van der Waals surface area contributed by atoms with E-state index >= 15 is 0 Å². The van der Waals surface area contributed by atoms with E-state index in [2.05, 4.69) is 37.5 Å². The maximum absolute atomic E-state index is 12.7. The molecule has 1 heterocycles. The summed E-state index contributed by atoms with van der Waals surface area (Å²) in [4.78, 5) is 17.2. The van der Waals surface area contributed by atoms with Crippen molar-refractivity contribution in [1.29, 1.82) is 0 Å². The lowest BCUT2D eigenvalue weighted by molar-refractivity contribution is -0.133. The number of benzene rings is 1. The van der Waals surface area contributed by atoms with Crippen LogP contribution in [0.15, 0.2) is 30.3 Å². The molecule has 1 aromatic carbocycles. The first-order valence-corrected chi connectivity index (χ1v) is 9.65. The summed E-state index contributed by atoms with van der Waals surface area (Å²) in [5.74, 6) is 2.32. The Morgan fingerprint density at radius 3 is 2.36 bits per heavy atom. The van der Waals surface area contributed by atoms with Crippen LogP contribution in [-0.2, 0) is 4.79 Å². The number of rotatable bonds is 8. The Hall–Kier alpha value is -1.55. The zero-order chi connectivity index (χ0) is 18.2. The molecule has 140 valence electrons. The molecule has 0 bridgehead atoms. The maximum Gasteiger partial charge on any atom is 0.224 e. The number of nitrogens with zero attached hydrogens (tertiary/aromatic N) is 2. The first-order valence-electron chi connectivity index (χ1n) is 9.65. The van der Waals surface area contributed by atoms with Crippen molar-refractivity contribution < 1.29 is 9.53 Å². The summed E-state index contributed by atoms with van der Waals surface area (Å²) in [6.45, 7) is 13.2. The molecule has 2 rings (SSSR count). The van der Waals surface area contributed by atoms with E-state index in [4.69, 9.17) is 4.74 Å². The molecule has 1 fully saturated rings. The van der Waals surface area contributed by atoms with Crippen LogP contribution in [0.1, 0.15) is 40.5 Å². The molecule has 0 N–H and O–H groups in total. The van der Waals surface area contributed by atoms with Gasteiger partial charge >= 0.3 is 0 Å². The Morgan fingerprint density at radius 2 is 1.72 bits per heavy atom. The van der Waals surface area contributed by atoms with Crippen LogP contribution in [0, 0.1) is 11.8 Å². The standard InChI is InChI=1S/C21H34N2O2/c1-17(2)14-19(16-25-20-8-6-5-7-9-20)23-13-12-22(15-18(3)4)11-10-21(23)24/h5-9,17-19H,10-16H2,1-4H3. The Balaban J connectivity index is 2.01. The Labute approximate surface area is 153 Å². The SMILES string of the molecule is CC(C)CC(COc1ccccc1)N1CCN(CC(C)C)CCC1=O. The van der Waals surface area contributed by atoms with Gasteiger partial charge in [-0.05, 0) is 30.4 Å². The van der Waals surface area contributed by atoms with Crippen molar-refractivity contribution in [2.75, 3.05) is 32.8 Å². The predicted molar refractivity (Wildman–Crippen MR) is 103 cm³/mol. The molecule has 1 amide bonds. The highest BCUT2D eigenvalue weighted by atomic mass is 16.5. The minimum atomic E-state index is 0.145. The van der Waals surface area contributed by atoms with E-state index in [0.717, 1.165) is 38.3 Å². The quantitative estimate of drug-likeness (QED) is 0.720. The van der Waals surface area contributed by atoms with E-state index in [1.807, 2.05) is 30.3 Å². The van der Waals surface area contributed by atoms with Crippen LogP contribution >= 0.6 is 0 Å². The molecule has 1 saturated heterocycles. The second-order valence-corrected chi connectivity index (χ2v) is 7.94. The molecule has 0 spiro atoms. The fraction of sp³-hybridized carbons (Fsp3) is 0.667. The lowest BCUT2D eigenvalue weighted by Gasteiger charge is -2.32. The lowest BCUT2D eigenvalue weighted by Crippen LogP contribution is -2.45. The second-order valence-electron chi connectivity index (χ2n) is 7.94. The molecular formula is C21H34N2O2. The van der Waals surface area contributed by atoms with Gasteiger partial charge in [-0.1, -0.05) is 45.9 Å². The first kappa shape index (κ1) is 19.8. The van der Waals surface area contributed by atoms with Crippen LogP contribution in [0.25, 0.3) is 0 Å². The van der Waals surface area contributed by atoms with Gasteiger partial charge in [-0.3, -0.25) is 4.79 Å². The predicted octanol–water partition coefficient (Wildman–Crippen LogP) is 3.67. The zero-order valence-corrected chi connectivity index (χ0v) is 16.3. The summed E-state index contributed by atoms with van der Waals surface area (Å²) in [6.07, 6.45) is 1.59. The van der Waals surface area contributed by atoms with Crippen LogP contribution in [0.4, 0.5) is 0 Å². The number of hydrogen-bond donors (Lipinski definition) is 0. The topological polar surface area (TPSA) is 32.8 Å². The largest absolute Gasteiger partial charge is 0.491 e. The van der Waals surface area contributed by atoms with Crippen molar-refractivity contribution in [2.24, 2.45) is 11.8 Å². The molecule has 0 radical (unpaired) electrons. The number of hydrogen-bond acceptors (Lipinski definition) is 3. The minimum absolute atomic E-state index is 0.145. The van der Waals surface area contributed by atoms with Gasteiger partial charge in [0.1, 0.15) is 12.4 Å². The Kier molecular flexibility index (Phi) is 7.76. The van der Waals surface area contributed by atoms with Crippen molar-refractivity contribution in [2.45, 2.75) is 46.6 Å². The van der Waals surface area contributed by atoms with Crippen LogP contribution in [0.5, 0.6) is 5.75 Å². The molecule has 1 atom stereocenters. The van der Waals surface area contributed by atoms with Gasteiger partial charge in [0.25, 0.3) is 0 Å². The Bertz CT molecular complexity index is 516. The Morgan fingerprint density at radius 1 is 1.00 bits per heavy atom. The van der Waals surface area contributed by atoms with Gasteiger partial charge in [-0.15, -0.1) is 0 Å². The third-order valence-corrected chi connectivity index (χ3v) is 4.61. The number of carbonyl (C=O) groups is 1. The summed E-state index contributed by atoms with van der Waals surface area (Å²) in [6, 6.07) is 10.0. The molecule has 0 aliphatic carbocycles. The highest BCUT2D eigenvalue weighted by Crippen LogP contribution is 2.18. The van der Waals surface area contributed by atoms with Crippen molar-refractivity contribution in [3.05, 3.63) is 30.3 Å². The molecule has 1 unspecified atom stereocenters. The maximum atomic E-state index is 12.7. The molecule has 0 aromatic heterocycles. The zero-order valence-electron chi connectivity index (χ0n) is 16.3. The minimum Gasteiger partial charge on any atom is -0.491 e. The van der Waals surface area contributed by atoms with Crippen LogP contribution in [0.2, 0.25) is 0 Å². The highest BCUT2D eigenvalue weighted by molar-refractivity contribution is 5.77. The van der Waals surface area contributed by atoms with Crippen molar-refractivity contribution in [1.82, 2.24) is 9.80 Å². The summed E-state index contributed by atoms with van der Waals surface area (Å²) in [5, 5.41) is 0. The summed E-state index contributed by atoms with van der Waals surface area (Å²) in [5.41, 5.74) is 0. The second kappa shape index (κ2) is 9.81.